The van der Waals surface area contributed by atoms with Crippen molar-refractivity contribution in [2.75, 3.05) is 26.3 Å². The zero-order valence-corrected chi connectivity index (χ0v) is 11.1. The average molecular weight is 245 g/mol. The summed E-state index contributed by atoms with van der Waals surface area (Å²) in [6.07, 6.45) is 3.71. The lowest BCUT2D eigenvalue weighted by Gasteiger charge is -2.07. The van der Waals surface area contributed by atoms with E-state index in [-0.39, 0.29) is 0 Å². The second-order valence-corrected chi connectivity index (χ2v) is 4.62. The average Bonchev–Trinajstić information content (AvgIpc) is 2.30. The molecule has 0 spiro atoms. The van der Waals surface area contributed by atoms with Gasteiger partial charge in [0.15, 0.2) is 0 Å². The molecule has 102 valence electrons. The Labute approximate surface area is 104 Å². The number of nitrogens with two attached hydrogens (primary N) is 1. The maximum Gasteiger partial charge on any atom is 0.139 e. The zero-order chi connectivity index (χ0) is 12.9. The molecule has 5 heteroatoms. The van der Waals surface area contributed by atoms with Gasteiger partial charge in [-0.3, -0.25) is 0 Å². The van der Waals surface area contributed by atoms with Crippen LogP contribution in [0, 0.1) is 5.92 Å². The topological polar surface area (TPSA) is 79.9 Å². The molecule has 0 aromatic heterocycles. The maximum absolute atomic E-state index is 8.33. The smallest absolute Gasteiger partial charge is 0.139 e. The first kappa shape index (κ1) is 16.2. The summed E-state index contributed by atoms with van der Waals surface area (Å²) in [5.41, 5.74) is 5.36. The molecular weight excluding hydrogens is 218 g/mol. The second kappa shape index (κ2) is 11.7. The van der Waals surface area contributed by atoms with Crippen LogP contribution in [0.4, 0.5) is 0 Å². The largest absolute Gasteiger partial charge is 0.409 e. The normalized spacial score (nSPS) is 12.3. The van der Waals surface area contributed by atoms with Crippen molar-refractivity contribution in [3.8, 4) is 0 Å². The van der Waals surface area contributed by atoms with Crippen LogP contribution in [0.25, 0.3) is 0 Å². The molecule has 0 aromatic carbocycles. The second-order valence-electron chi connectivity index (χ2n) is 4.62. The van der Waals surface area contributed by atoms with Crippen molar-refractivity contribution in [1.29, 1.82) is 0 Å². The van der Waals surface area contributed by atoms with Crippen molar-refractivity contribution in [2.24, 2.45) is 16.8 Å². The van der Waals surface area contributed by atoms with E-state index in [4.69, 9.17) is 15.7 Å². The molecule has 0 aliphatic heterocycles. The van der Waals surface area contributed by atoms with Crippen molar-refractivity contribution in [1.82, 2.24) is 5.32 Å². The Hall–Kier alpha value is -0.810. The van der Waals surface area contributed by atoms with Gasteiger partial charge in [0.1, 0.15) is 5.84 Å². The summed E-state index contributed by atoms with van der Waals surface area (Å²) in [5.74, 6) is 0.925. The van der Waals surface area contributed by atoms with Gasteiger partial charge in [0, 0.05) is 19.6 Å². The first-order chi connectivity index (χ1) is 8.16. The number of nitrogens with one attached hydrogen (secondary N) is 1. The van der Waals surface area contributed by atoms with E-state index in [2.05, 4.69) is 24.3 Å². The van der Waals surface area contributed by atoms with Gasteiger partial charge < -0.3 is 21.0 Å². The first-order valence-electron chi connectivity index (χ1n) is 6.41. The molecule has 0 atom stereocenters. The van der Waals surface area contributed by atoms with Gasteiger partial charge in [-0.15, -0.1) is 0 Å². The summed E-state index contributed by atoms with van der Waals surface area (Å²) in [5, 5.41) is 14.6. The molecule has 0 amide bonds. The Morgan fingerprint density at radius 3 is 2.65 bits per heavy atom. The first-order valence-corrected chi connectivity index (χ1v) is 6.41. The van der Waals surface area contributed by atoms with Crippen LogP contribution in [-0.2, 0) is 4.74 Å². The Morgan fingerprint density at radius 2 is 2.00 bits per heavy atom. The Bertz CT molecular complexity index is 196. The Balaban J connectivity index is 3.04. The number of rotatable bonds is 11. The molecule has 0 rings (SSSR count). The highest BCUT2D eigenvalue weighted by atomic mass is 16.5. The molecule has 0 saturated carbocycles. The molecule has 0 radical (unpaired) electrons. The van der Waals surface area contributed by atoms with Crippen molar-refractivity contribution < 1.29 is 9.94 Å². The van der Waals surface area contributed by atoms with Gasteiger partial charge in [-0.2, -0.15) is 0 Å². The summed E-state index contributed by atoms with van der Waals surface area (Å²) in [6, 6.07) is 0. The number of hydrogen-bond acceptors (Lipinski definition) is 4. The maximum atomic E-state index is 8.33. The van der Waals surface area contributed by atoms with Gasteiger partial charge in [-0.1, -0.05) is 19.0 Å². The number of hydrogen-bond donors (Lipinski definition) is 3. The van der Waals surface area contributed by atoms with Crippen molar-refractivity contribution in [2.45, 2.75) is 39.5 Å². The SMILES string of the molecule is CC(C)COCCCNCCCCC(N)=NO. The summed E-state index contributed by atoms with van der Waals surface area (Å²) in [7, 11) is 0. The van der Waals surface area contributed by atoms with Crippen LogP contribution in [-0.4, -0.2) is 37.3 Å². The fourth-order valence-electron chi connectivity index (χ4n) is 1.35. The van der Waals surface area contributed by atoms with Gasteiger partial charge >= 0.3 is 0 Å². The number of unbranched alkanes of at least 4 members (excludes halogenated alkanes) is 1. The number of oxime groups is 1. The molecule has 17 heavy (non-hydrogen) atoms. The van der Waals surface area contributed by atoms with E-state index in [0.29, 0.717) is 18.2 Å². The lowest BCUT2D eigenvalue weighted by atomic mass is 10.2. The van der Waals surface area contributed by atoms with Crippen LogP contribution in [0.1, 0.15) is 39.5 Å². The third-order valence-electron chi connectivity index (χ3n) is 2.26. The molecule has 0 aliphatic carbocycles. The lowest BCUT2D eigenvalue weighted by molar-refractivity contribution is 0.108. The fraction of sp³-hybridized carbons (Fsp3) is 0.917. The summed E-state index contributed by atoms with van der Waals surface area (Å²) >= 11 is 0. The third-order valence-corrected chi connectivity index (χ3v) is 2.26. The van der Waals surface area contributed by atoms with Gasteiger partial charge in [-0.25, -0.2) is 0 Å². The highest BCUT2D eigenvalue weighted by Crippen LogP contribution is 1.94. The van der Waals surface area contributed by atoms with E-state index >= 15 is 0 Å². The van der Waals surface area contributed by atoms with Gasteiger partial charge in [0.2, 0.25) is 0 Å². The van der Waals surface area contributed by atoms with Crippen LogP contribution in [0.5, 0.6) is 0 Å². The number of amidine groups is 1. The molecule has 0 aromatic rings. The number of ether oxygens (including phenoxy) is 1. The molecule has 4 N–H and O–H groups in total. The van der Waals surface area contributed by atoms with E-state index in [0.717, 1.165) is 45.6 Å². The van der Waals surface area contributed by atoms with Crippen LogP contribution in [0.2, 0.25) is 0 Å². The van der Waals surface area contributed by atoms with E-state index in [1.165, 1.54) is 0 Å². The van der Waals surface area contributed by atoms with E-state index < -0.39 is 0 Å². The molecule has 0 aliphatic rings. The zero-order valence-electron chi connectivity index (χ0n) is 11.1. The van der Waals surface area contributed by atoms with Gasteiger partial charge in [0.25, 0.3) is 0 Å². The van der Waals surface area contributed by atoms with E-state index in [9.17, 15) is 0 Å². The quantitative estimate of drug-likeness (QED) is 0.170. The predicted molar refractivity (Wildman–Crippen MR) is 70.4 cm³/mol. The predicted octanol–water partition coefficient (Wildman–Crippen LogP) is 1.56. The monoisotopic (exact) mass is 245 g/mol. The summed E-state index contributed by atoms with van der Waals surface area (Å²) in [6.45, 7) is 7.94. The van der Waals surface area contributed by atoms with Crippen molar-refractivity contribution in [3.05, 3.63) is 0 Å². The van der Waals surface area contributed by atoms with Gasteiger partial charge in [-0.05, 0) is 38.3 Å². The highest BCUT2D eigenvalue weighted by Gasteiger charge is 1.95. The van der Waals surface area contributed by atoms with Crippen molar-refractivity contribution >= 4 is 5.84 Å². The molecule has 0 unspecified atom stereocenters. The fourth-order valence-corrected chi connectivity index (χ4v) is 1.35. The highest BCUT2D eigenvalue weighted by molar-refractivity contribution is 5.79. The van der Waals surface area contributed by atoms with Gasteiger partial charge in [0.05, 0.1) is 0 Å². The van der Waals surface area contributed by atoms with E-state index in [1.807, 2.05) is 0 Å². The molecule has 0 fully saturated rings. The standard InChI is InChI=1S/C12H27N3O2/c1-11(2)10-17-9-5-8-14-7-4-3-6-12(13)15-16/h11,14,16H,3-10H2,1-2H3,(H2,13,15). The molecule has 0 saturated heterocycles. The van der Waals surface area contributed by atoms with Crippen LogP contribution >= 0.6 is 0 Å². The molecule has 5 nitrogen and oxygen atoms in total. The summed E-state index contributed by atoms with van der Waals surface area (Å²) < 4.78 is 5.47. The Morgan fingerprint density at radius 1 is 1.29 bits per heavy atom. The van der Waals surface area contributed by atoms with E-state index in [1.54, 1.807) is 0 Å². The van der Waals surface area contributed by atoms with Crippen LogP contribution in [0.15, 0.2) is 5.16 Å². The third kappa shape index (κ3) is 13.1. The lowest BCUT2D eigenvalue weighted by Crippen LogP contribution is -2.19. The van der Waals surface area contributed by atoms with Crippen LogP contribution < -0.4 is 11.1 Å². The molecule has 0 bridgehead atoms. The molecule has 0 heterocycles. The number of nitrogens with zero attached hydrogens (tertiary/aromatic N) is 1. The van der Waals surface area contributed by atoms with Crippen molar-refractivity contribution in [3.63, 3.8) is 0 Å². The Kier molecular flexibility index (Phi) is 11.1. The minimum absolute atomic E-state index is 0.312. The minimum Gasteiger partial charge on any atom is -0.409 e. The van der Waals surface area contributed by atoms with Crippen LogP contribution in [0.3, 0.4) is 0 Å². The minimum atomic E-state index is 0.312. The summed E-state index contributed by atoms with van der Waals surface area (Å²) in [4.78, 5) is 0. The molecular formula is C12H27N3O2.